The summed E-state index contributed by atoms with van der Waals surface area (Å²) >= 11 is 0. The highest BCUT2D eigenvalue weighted by Crippen LogP contribution is 2.15. The van der Waals surface area contributed by atoms with Crippen molar-refractivity contribution >= 4 is 18.3 Å². The van der Waals surface area contributed by atoms with Crippen LogP contribution in [0.1, 0.15) is 38.5 Å². The molecule has 2 heterocycles. The molecule has 2 aliphatic heterocycles. The van der Waals surface area contributed by atoms with Crippen molar-refractivity contribution in [3.63, 3.8) is 0 Å². The van der Waals surface area contributed by atoms with E-state index in [1.54, 1.807) is 0 Å². The highest BCUT2D eigenvalue weighted by atomic mass is 35.5. The molecule has 0 aliphatic carbocycles. The number of ether oxygens (including phenoxy) is 1. The summed E-state index contributed by atoms with van der Waals surface area (Å²) < 4.78 is 5.55. The first-order chi connectivity index (χ1) is 8.25. The minimum absolute atomic E-state index is 0. The Morgan fingerprint density at radius 2 is 2.22 bits per heavy atom. The molecule has 0 radical (unpaired) electrons. The molecule has 1 amide bonds. The molecule has 4 nitrogen and oxygen atoms in total. The number of carbonyl (C=O) groups is 1. The highest BCUT2D eigenvalue weighted by molar-refractivity contribution is 5.85. The highest BCUT2D eigenvalue weighted by Gasteiger charge is 2.21. The molecule has 0 spiro atoms. The molecule has 5 heteroatoms. The molecule has 106 valence electrons. The van der Waals surface area contributed by atoms with E-state index in [1.807, 2.05) is 11.9 Å². The van der Waals surface area contributed by atoms with Crippen LogP contribution in [0.3, 0.4) is 0 Å². The molecule has 1 N–H and O–H groups in total. The molecule has 2 saturated heterocycles. The first kappa shape index (κ1) is 15.7. The maximum Gasteiger partial charge on any atom is 0.222 e. The molecule has 2 unspecified atom stereocenters. The van der Waals surface area contributed by atoms with Gasteiger partial charge in [-0.05, 0) is 38.6 Å². The van der Waals surface area contributed by atoms with E-state index < -0.39 is 0 Å². The Labute approximate surface area is 116 Å². The normalized spacial score (nSPS) is 26.9. The van der Waals surface area contributed by atoms with E-state index in [-0.39, 0.29) is 24.4 Å². The van der Waals surface area contributed by atoms with E-state index in [0.29, 0.717) is 12.5 Å². The summed E-state index contributed by atoms with van der Waals surface area (Å²) in [6, 6.07) is 0.565. The Hall–Kier alpha value is -0.320. The van der Waals surface area contributed by atoms with Gasteiger partial charge in [-0.15, -0.1) is 12.4 Å². The zero-order valence-corrected chi connectivity index (χ0v) is 12.0. The summed E-state index contributed by atoms with van der Waals surface area (Å²) in [5, 5.41) is 3.43. The van der Waals surface area contributed by atoms with Crippen LogP contribution in [0.2, 0.25) is 0 Å². The first-order valence-electron chi connectivity index (χ1n) is 6.84. The van der Waals surface area contributed by atoms with Crippen LogP contribution in [0.25, 0.3) is 0 Å². The molecule has 2 atom stereocenters. The van der Waals surface area contributed by atoms with Gasteiger partial charge in [0.15, 0.2) is 0 Å². The van der Waals surface area contributed by atoms with E-state index in [9.17, 15) is 4.79 Å². The van der Waals surface area contributed by atoms with Crippen molar-refractivity contribution in [2.24, 2.45) is 0 Å². The van der Waals surface area contributed by atoms with Crippen molar-refractivity contribution in [3.05, 3.63) is 0 Å². The lowest BCUT2D eigenvalue weighted by molar-refractivity contribution is -0.131. The van der Waals surface area contributed by atoms with Crippen LogP contribution < -0.4 is 5.32 Å². The Kier molecular flexibility index (Phi) is 6.97. The van der Waals surface area contributed by atoms with Crippen molar-refractivity contribution in [1.29, 1.82) is 0 Å². The molecular weight excluding hydrogens is 252 g/mol. The van der Waals surface area contributed by atoms with Gasteiger partial charge >= 0.3 is 0 Å². The third kappa shape index (κ3) is 4.75. The van der Waals surface area contributed by atoms with Crippen LogP contribution in [-0.4, -0.2) is 49.7 Å². The number of carbonyl (C=O) groups excluding carboxylic acids is 1. The molecule has 2 fully saturated rings. The topological polar surface area (TPSA) is 41.6 Å². The number of halogens is 1. The Balaban J connectivity index is 0.00000162. The summed E-state index contributed by atoms with van der Waals surface area (Å²) in [6.07, 6.45) is 6.64. The van der Waals surface area contributed by atoms with Crippen LogP contribution >= 0.6 is 12.4 Å². The fraction of sp³-hybridized carbons (Fsp3) is 0.923. The Bertz CT molecular complexity index is 251. The molecule has 0 bridgehead atoms. The third-order valence-corrected chi connectivity index (χ3v) is 3.80. The van der Waals surface area contributed by atoms with E-state index >= 15 is 0 Å². The van der Waals surface area contributed by atoms with Crippen LogP contribution in [0, 0.1) is 0 Å². The van der Waals surface area contributed by atoms with Gasteiger partial charge in [-0.1, -0.05) is 0 Å². The smallest absolute Gasteiger partial charge is 0.222 e. The molecular formula is C13H25ClN2O2. The van der Waals surface area contributed by atoms with Crippen molar-refractivity contribution in [2.45, 2.75) is 50.7 Å². The standard InChI is InChI=1S/C13H24N2O2.ClH/c1-15(10-12-5-3-9-17-12)13(16)7-6-11-4-2-8-14-11;/h11-12,14H,2-10H2,1H3;1H. The van der Waals surface area contributed by atoms with Gasteiger partial charge in [0.1, 0.15) is 0 Å². The predicted octanol–water partition coefficient (Wildman–Crippen LogP) is 1.58. The summed E-state index contributed by atoms with van der Waals surface area (Å²) in [4.78, 5) is 13.8. The van der Waals surface area contributed by atoms with Crippen molar-refractivity contribution in [3.8, 4) is 0 Å². The van der Waals surface area contributed by atoms with Crippen LogP contribution in [-0.2, 0) is 9.53 Å². The zero-order chi connectivity index (χ0) is 12.1. The second-order valence-electron chi connectivity index (χ2n) is 5.24. The number of nitrogens with zero attached hydrogens (tertiary/aromatic N) is 1. The van der Waals surface area contributed by atoms with E-state index in [4.69, 9.17) is 4.74 Å². The quantitative estimate of drug-likeness (QED) is 0.829. The largest absolute Gasteiger partial charge is 0.376 e. The van der Waals surface area contributed by atoms with Crippen LogP contribution in [0.4, 0.5) is 0 Å². The van der Waals surface area contributed by atoms with Crippen molar-refractivity contribution < 1.29 is 9.53 Å². The molecule has 2 aliphatic rings. The van der Waals surface area contributed by atoms with E-state index in [0.717, 1.165) is 39.0 Å². The molecule has 0 aromatic heterocycles. The molecule has 2 rings (SSSR count). The summed E-state index contributed by atoms with van der Waals surface area (Å²) in [5.41, 5.74) is 0. The van der Waals surface area contributed by atoms with Gasteiger partial charge in [-0.2, -0.15) is 0 Å². The minimum Gasteiger partial charge on any atom is -0.376 e. The maximum absolute atomic E-state index is 11.9. The average molecular weight is 277 g/mol. The number of hydrogen-bond acceptors (Lipinski definition) is 3. The van der Waals surface area contributed by atoms with Gasteiger partial charge in [0, 0.05) is 32.7 Å². The fourth-order valence-corrected chi connectivity index (χ4v) is 2.69. The van der Waals surface area contributed by atoms with Gasteiger partial charge in [0.25, 0.3) is 0 Å². The van der Waals surface area contributed by atoms with E-state index in [2.05, 4.69) is 5.32 Å². The van der Waals surface area contributed by atoms with E-state index in [1.165, 1.54) is 12.8 Å². The SMILES string of the molecule is CN(CC1CCCO1)C(=O)CCC1CCCN1.Cl. The van der Waals surface area contributed by atoms with Gasteiger partial charge in [0.2, 0.25) is 5.91 Å². The van der Waals surface area contributed by atoms with Crippen molar-refractivity contribution in [1.82, 2.24) is 10.2 Å². The minimum atomic E-state index is 0. The van der Waals surface area contributed by atoms with Gasteiger partial charge < -0.3 is 15.0 Å². The number of nitrogens with one attached hydrogen (secondary N) is 1. The third-order valence-electron chi connectivity index (χ3n) is 3.80. The summed E-state index contributed by atoms with van der Waals surface area (Å²) in [7, 11) is 1.89. The predicted molar refractivity (Wildman–Crippen MR) is 74.1 cm³/mol. The van der Waals surface area contributed by atoms with Crippen molar-refractivity contribution in [2.75, 3.05) is 26.7 Å². The summed E-state index contributed by atoms with van der Waals surface area (Å²) in [6.45, 7) is 2.74. The summed E-state index contributed by atoms with van der Waals surface area (Å²) in [5.74, 6) is 0.259. The first-order valence-corrected chi connectivity index (χ1v) is 6.84. The van der Waals surface area contributed by atoms with Crippen LogP contribution in [0.5, 0.6) is 0 Å². The molecule has 0 saturated carbocycles. The second-order valence-corrected chi connectivity index (χ2v) is 5.24. The lowest BCUT2D eigenvalue weighted by atomic mass is 10.1. The average Bonchev–Trinajstić information content (AvgIpc) is 2.98. The number of rotatable bonds is 5. The molecule has 0 aromatic carbocycles. The Morgan fingerprint density at radius 3 is 2.83 bits per heavy atom. The lowest BCUT2D eigenvalue weighted by Crippen LogP contribution is -2.35. The Morgan fingerprint density at radius 1 is 1.39 bits per heavy atom. The van der Waals surface area contributed by atoms with Gasteiger partial charge in [-0.3, -0.25) is 4.79 Å². The van der Waals surface area contributed by atoms with Gasteiger partial charge in [-0.25, -0.2) is 0 Å². The lowest BCUT2D eigenvalue weighted by Gasteiger charge is -2.21. The number of amides is 1. The van der Waals surface area contributed by atoms with Gasteiger partial charge in [0.05, 0.1) is 6.10 Å². The molecule has 18 heavy (non-hydrogen) atoms. The number of hydrogen-bond donors (Lipinski definition) is 1. The number of likely N-dealkylation sites (N-methyl/N-ethyl adjacent to an activating group) is 1. The zero-order valence-electron chi connectivity index (χ0n) is 11.2. The second kappa shape index (κ2) is 7.97. The fourth-order valence-electron chi connectivity index (χ4n) is 2.69. The maximum atomic E-state index is 11.9. The molecule has 0 aromatic rings. The monoisotopic (exact) mass is 276 g/mol. The van der Waals surface area contributed by atoms with Crippen LogP contribution in [0.15, 0.2) is 0 Å².